The number of hydrogen-bond donors (Lipinski definition) is 1. The molecule has 0 aliphatic carbocycles. The molecule has 2 amide bonds. The summed E-state index contributed by atoms with van der Waals surface area (Å²) in [5, 5.41) is 0. The van der Waals surface area contributed by atoms with E-state index in [-0.39, 0.29) is 17.9 Å². The highest BCUT2D eigenvalue weighted by Crippen LogP contribution is 2.14. The van der Waals surface area contributed by atoms with Crippen molar-refractivity contribution in [2.75, 3.05) is 39.3 Å². The van der Waals surface area contributed by atoms with Gasteiger partial charge in [0.2, 0.25) is 11.8 Å². The van der Waals surface area contributed by atoms with Crippen LogP contribution in [-0.2, 0) is 16.0 Å². The fourth-order valence-corrected chi connectivity index (χ4v) is 3.88. The maximum absolute atomic E-state index is 12.6. The van der Waals surface area contributed by atoms with E-state index in [0.717, 1.165) is 44.6 Å². The van der Waals surface area contributed by atoms with E-state index in [1.165, 1.54) is 0 Å². The van der Waals surface area contributed by atoms with Gasteiger partial charge in [0.1, 0.15) is 0 Å². The molecule has 6 nitrogen and oxygen atoms in total. The SMILES string of the molecule is CC(C(=O)N1CCCC1)N1CCN(C(=O)C(N)Cc2ccccc2)CC1. The van der Waals surface area contributed by atoms with Crippen molar-refractivity contribution in [1.29, 1.82) is 0 Å². The summed E-state index contributed by atoms with van der Waals surface area (Å²) in [6.07, 6.45) is 2.78. The third kappa shape index (κ3) is 4.43. The lowest BCUT2D eigenvalue weighted by molar-refractivity contribution is -0.138. The van der Waals surface area contributed by atoms with E-state index in [2.05, 4.69) is 4.90 Å². The zero-order valence-electron chi connectivity index (χ0n) is 15.6. The van der Waals surface area contributed by atoms with Crippen molar-refractivity contribution in [2.45, 2.75) is 38.3 Å². The van der Waals surface area contributed by atoms with Crippen LogP contribution in [0.4, 0.5) is 0 Å². The third-order valence-corrected chi connectivity index (χ3v) is 5.56. The van der Waals surface area contributed by atoms with Crippen LogP contribution in [0.5, 0.6) is 0 Å². The van der Waals surface area contributed by atoms with Gasteiger partial charge in [-0.3, -0.25) is 14.5 Å². The highest BCUT2D eigenvalue weighted by Gasteiger charge is 2.32. The minimum atomic E-state index is -0.507. The van der Waals surface area contributed by atoms with E-state index in [1.54, 1.807) is 0 Å². The quantitative estimate of drug-likeness (QED) is 0.842. The van der Waals surface area contributed by atoms with Crippen LogP contribution < -0.4 is 5.73 Å². The van der Waals surface area contributed by atoms with Gasteiger partial charge in [0.15, 0.2) is 0 Å². The maximum Gasteiger partial charge on any atom is 0.239 e. The molecule has 2 saturated heterocycles. The second-order valence-electron chi connectivity index (χ2n) is 7.37. The molecule has 2 fully saturated rings. The van der Waals surface area contributed by atoms with Crippen molar-refractivity contribution in [3.63, 3.8) is 0 Å². The average molecular weight is 358 g/mol. The number of nitrogens with zero attached hydrogens (tertiary/aromatic N) is 3. The molecule has 2 aliphatic heterocycles. The maximum atomic E-state index is 12.6. The molecular weight excluding hydrogens is 328 g/mol. The van der Waals surface area contributed by atoms with Crippen LogP contribution >= 0.6 is 0 Å². The number of rotatable bonds is 5. The number of likely N-dealkylation sites (tertiary alicyclic amines) is 1. The second kappa shape index (κ2) is 8.64. The molecule has 0 bridgehead atoms. The second-order valence-corrected chi connectivity index (χ2v) is 7.37. The molecule has 26 heavy (non-hydrogen) atoms. The molecular formula is C20H30N4O2. The highest BCUT2D eigenvalue weighted by atomic mass is 16.2. The summed E-state index contributed by atoms with van der Waals surface area (Å²) in [5.41, 5.74) is 7.22. The van der Waals surface area contributed by atoms with Gasteiger partial charge in [0, 0.05) is 39.3 Å². The van der Waals surface area contributed by atoms with Gasteiger partial charge >= 0.3 is 0 Å². The van der Waals surface area contributed by atoms with E-state index in [4.69, 9.17) is 5.73 Å². The molecule has 0 spiro atoms. The van der Waals surface area contributed by atoms with Crippen molar-refractivity contribution < 1.29 is 9.59 Å². The first kappa shape index (κ1) is 18.9. The Hall–Kier alpha value is -1.92. The van der Waals surface area contributed by atoms with Gasteiger partial charge < -0.3 is 15.5 Å². The largest absolute Gasteiger partial charge is 0.341 e. The molecule has 2 unspecified atom stereocenters. The smallest absolute Gasteiger partial charge is 0.239 e. The predicted octanol–water partition coefficient (Wildman–Crippen LogP) is 0.712. The van der Waals surface area contributed by atoms with Crippen molar-refractivity contribution in [1.82, 2.24) is 14.7 Å². The van der Waals surface area contributed by atoms with Crippen LogP contribution in [0.3, 0.4) is 0 Å². The lowest BCUT2D eigenvalue weighted by atomic mass is 10.1. The van der Waals surface area contributed by atoms with E-state index >= 15 is 0 Å². The topological polar surface area (TPSA) is 69.9 Å². The van der Waals surface area contributed by atoms with Crippen molar-refractivity contribution in [3.05, 3.63) is 35.9 Å². The average Bonchev–Trinajstić information content (AvgIpc) is 3.22. The minimum Gasteiger partial charge on any atom is -0.341 e. The van der Waals surface area contributed by atoms with Crippen LogP contribution in [0, 0.1) is 0 Å². The molecule has 6 heteroatoms. The van der Waals surface area contributed by atoms with Gasteiger partial charge in [0.05, 0.1) is 12.1 Å². The molecule has 3 rings (SSSR count). The first-order valence-electron chi connectivity index (χ1n) is 9.67. The Balaban J connectivity index is 1.48. The molecule has 2 atom stereocenters. The summed E-state index contributed by atoms with van der Waals surface area (Å²) >= 11 is 0. The Kier molecular flexibility index (Phi) is 6.27. The van der Waals surface area contributed by atoms with E-state index in [0.29, 0.717) is 19.5 Å². The number of carbonyl (C=O) groups excluding carboxylic acids is 2. The summed E-state index contributed by atoms with van der Waals surface area (Å²) in [7, 11) is 0. The predicted molar refractivity (Wildman–Crippen MR) is 102 cm³/mol. The Morgan fingerprint density at radius 1 is 0.923 bits per heavy atom. The monoisotopic (exact) mass is 358 g/mol. The molecule has 142 valence electrons. The first-order valence-corrected chi connectivity index (χ1v) is 9.67. The van der Waals surface area contributed by atoms with Gasteiger partial charge in [-0.15, -0.1) is 0 Å². The fraction of sp³-hybridized carbons (Fsp3) is 0.600. The van der Waals surface area contributed by atoms with Gasteiger partial charge in [-0.1, -0.05) is 30.3 Å². The number of hydrogen-bond acceptors (Lipinski definition) is 4. The zero-order chi connectivity index (χ0) is 18.5. The zero-order valence-corrected chi connectivity index (χ0v) is 15.6. The van der Waals surface area contributed by atoms with Gasteiger partial charge in [-0.2, -0.15) is 0 Å². The van der Waals surface area contributed by atoms with Gasteiger partial charge in [-0.05, 0) is 31.7 Å². The van der Waals surface area contributed by atoms with Crippen molar-refractivity contribution >= 4 is 11.8 Å². The Morgan fingerprint density at radius 2 is 1.50 bits per heavy atom. The van der Waals surface area contributed by atoms with Crippen LogP contribution in [0.1, 0.15) is 25.3 Å². The van der Waals surface area contributed by atoms with Gasteiger partial charge in [-0.25, -0.2) is 0 Å². The van der Waals surface area contributed by atoms with Crippen molar-refractivity contribution in [3.8, 4) is 0 Å². The number of piperazine rings is 1. The lowest BCUT2D eigenvalue weighted by Crippen LogP contribution is -2.57. The van der Waals surface area contributed by atoms with Gasteiger partial charge in [0.25, 0.3) is 0 Å². The Morgan fingerprint density at radius 3 is 2.12 bits per heavy atom. The van der Waals surface area contributed by atoms with E-state index in [1.807, 2.05) is 47.1 Å². The third-order valence-electron chi connectivity index (χ3n) is 5.56. The molecule has 1 aromatic carbocycles. The highest BCUT2D eigenvalue weighted by molar-refractivity contribution is 5.83. The number of nitrogens with two attached hydrogens (primary N) is 1. The van der Waals surface area contributed by atoms with Crippen LogP contribution in [0.2, 0.25) is 0 Å². The minimum absolute atomic E-state index is 0.00651. The fourth-order valence-electron chi connectivity index (χ4n) is 3.88. The number of amides is 2. The standard InChI is InChI=1S/C20H30N4O2/c1-16(19(25)23-9-5-6-10-23)22-11-13-24(14-12-22)20(26)18(21)15-17-7-3-2-4-8-17/h2-4,7-8,16,18H,5-6,9-15,21H2,1H3. The summed E-state index contributed by atoms with van der Waals surface area (Å²) in [5.74, 6) is 0.232. The molecule has 2 heterocycles. The van der Waals surface area contributed by atoms with Crippen molar-refractivity contribution in [2.24, 2.45) is 5.73 Å². The summed E-state index contributed by atoms with van der Waals surface area (Å²) in [6.45, 7) is 6.48. The molecule has 2 N–H and O–H groups in total. The molecule has 0 radical (unpaired) electrons. The molecule has 1 aromatic rings. The van der Waals surface area contributed by atoms with E-state index in [9.17, 15) is 9.59 Å². The Bertz CT molecular complexity index is 607. The summed E-state index contributed by atoms with van der Waals surface area (Å²) in [4.78, 5) is 31.2. The van der Waals surface area contributed by atoms with Crippen LogP contribution in [0.25, 0.3) is 0 Å². The molecule has 0 aromatic heterocycles. The van der Waals surface area contributed by atoms with Crippen LogP contribution in [-0.4, -0.2) is 77.9 Å². The summed E-state index contributed by atoms with van der Waals surface area (Å²) < 4.78 is 0. The Labute approximate surface area is 155 Å². The van der Waals surface area contributed by atoms with Crippen LogP contribution in [0.15, 0.2) is 30.3 Å². The number of carbonyl (C=O) groups is 2. The summed E-state index contributed by atoms with van der Waals surface area (Å²) in [6, 6.07) is 9.26. The molecule has 0 saturated carbocycles. The van der Waals surface area contributed by atoms with E-state index < -0.39 is 6.04 Å². The lowest BCUT2D eigenvalue weighted by Gasteiger charge is -2.39. The molecule has 2 aliphatic rings. The normalized spacial score (nSPS) is 20.8. The first-order chi connectivity index (χ1) is 12.6. The number of benzene rings is 1.